The summed E-state index contributed by atoms with van der Waals surface area (Å²) in [6.45, 7) is 2.81. The highest BCUT2D eigenvalue weighted by atomic mass is 35.5. The summed E-state index contributed by atoms with van der Waals surface area (Å²) in [7, 11) is 0. The van der Waals surface area contributed by atoms with Crippen LogP contribution >= 0.6 is 11.6 Å². The van der Waals surface area contributed by atoms with Crippen LogP contribution in [0.5, 0.6) is 0 Å². The van der Waals surface area contributed by atoms with E-state index < -0.39 is 0 Å². The second kappa shape index (κ2) is 5.86. The number of halogens is 1. The van der Waals surface area contributed by atoms with Crippen molar-refractivity contribution in [2.45, 2.75) is 25.8 Å². The van der Waals surface area contributed by atoms with Gasteiger partial charge in [0.2, 0.25) is 0 Å². The van der Waals surface area contributed by atoms with Crippen molar-refractivity contribution in [2.75, 3.05) is 6.54 Å². The molecule has 108 valence electrons. The summed E-state index contributed by atoms with van der Waals surface area (Å²) in [6, 6.07) is 11.9. The van der Waals surface area contributed by atoms with Crippen molar-refractivity contribution >= 4 is 17.5 Å². The van der Waals surface area contributed by atoms with Crippen LogP contribution in [0.15, 0.2) is 42.6 Å². The molecule has 0 spiro atoms. The van der Waals surface area contributed by atoms with Crippen molar-refractivity contribution in [3.8, 4) is 0 Å². The van der Waals surface area contributed by atoms with Crippen molar-refractivity contribution in [1.82, 2.24) is 9.88 Å². The summed E-state index contributed by atoms with van der Waals surface area (Å²) in [4.78, 5) is 18.8. The van der Waals surface area contributed by atoms with Gasteiger partial charge < -0.3 is 4.90 Å². The van der Waals surface area contributed by atoms with E-state index in [2.05, 4.69) is 30.1 Å². The van der Waals surface area contributed by atoms with Gasteiger partial charge in [-0.15, -0.1) is 0 Å². The fourth-order valence-corrected chi connectivity index (χ4v) is 3.22. The average molecular weight is 301 g/mol. The van der Waals surface area contributed by atoms with Gasteiger partial charge in [0.05, 0.1) is 11.1 Å². The van der Waals surface area contributed by atoms with E-state index in [9.17, 15) is 4.79 Å². The molecule has 0 N–H and O–H groups in total. The molecule has 0 radical (unpaired) electrons. The predicted molar refractivity (Wildman–Crippen MR) is 83.5 cm³/mol. The van der Waals surface area contributed by atoms with E-state index in [1.165, 1.54) is 11.1 Å². The maximum absolute atomic E-state index is 12.8. The zero-order chi connectivity index (χ0) is 14.8. The number of carbonyl (C=O) groups is 1. The number of nitrogens with zero attached hydrogens (tertiary/aromatic N) is 2. The van der Waals surface area contributed by atoms with Gasteiger partial charge in [-0.1, -0.05) is 42.8 Å². The molecule has 1 aliphatic rings. The molecule has 1 aromatic heterocycles. The van der Waals surface area contributed by atoms with Crippen LogP contribution in [0.4, 0.5) is 0 Å². The first-order valence-corrected chi connectivity index (χ1v) is 7.59. The minimum atomic E-state index is -0.0815. The first-order chi connectivity index (χ1) is 10.2. The molecule has 0 saturated carbocycles. The molecule has 2 heterocycles. The number of amides is 1. The standard InChI is InChI=1S/C17H17ClN2O/c1-2-15-13-7-4-3-6-12(13)9-11-20(15)17(21)16-14(18)8-5-10-19-16/h3-8,10,15H,2,9,11H2,1H3. The molecule has 3 nitrogen and oxygen atoms in total. The minimum Gasteiger partial charge on any atom is -0.330 e. The molecule has 0 aliphatic carbocycles. The van der Waals surface area contributed by atoms with E-state index in [-0.39, 0.29) is 11.9 Å². The van der Waals surface area contributed by atoms with Crippen molar-refractivity contribution in [2.24, 2.45) is 0 Å². The van der Waals surface area contributed by atoms with Gasteiger partial charge in [-0.05, 0) is 36.1 Å². The minimum absolute atomic E-state index is 0.0815. The topological polar surface area (TPSA) is 33.2 Å². The molecule has 1 atom stereocenters. The number of pyridine rings is 1. The smallest absolute Gasteiger partial charge is 0.274 e. The second-order valence-corrected chi connectivity index (χ2v) is 5.61. The van der Waals surface area contributed by atoms with Gasteiger partial charge in [0.25, 0.3) is 5.91 Å². The Kier molecular flexibility index (Phi) is 3.93. The van der Waals surface area contributed by atoms with Crippen molar-refractivity contribution in [3.63, 3.8) is 0 Å². The van der Waals surface area contributed by atoms with E-state index in [1.807, 2.05) is 11.0 Å². The van der Waals surface area contributed by atoms with Crippen molar-refractivity contribution in [1.29, 1.82) is 0 Å². The van der Waals surface area contributed by atoms with Gasteiger partial charge in [-0.25, -0.2) is 4.98 Å². The molecule has 0 bridgehead atoms. The fraction of sp³-hybridized carbons (Fsp3) is 0.294. The molecule has 3 rings (SSSR count). The Morgan fingerprint density at radius 2 is 2.14 bits per heavy atom. The Morgan fingerprint density at radius 3 is 2.90 bits per heavy atom. The summed E-state index contributed by atoms with van der Waals surface area (Å²) in [5.41, 5.74) is 2.92. The van der Waals surface area contributed by atoms with Crippen LogP contribution in [0.1, 0.15) is 41.0 Å². The van der Waals surface area contributed by atoms with E-state index in [4.69, 9.17) is 11.6 Å². The molecule has 0 fully saturated rings. The summed E-state index contributed by atoms with van der Waals surface area (Å²) in [5, 5.41) is 0.413. The number of carbonyl (C=O) groups excluding carboxylic acids is 1. The molecule has 1 amide bonds. The molecule has 1 aromatic carbocycles. The van der Waals surface area contributed by atoms with E-state index >= 15 is 0 Å². The Balaban J connectivity index is 1.96. The summed E-state index contributed by atoms with van der Waals surface area (Å²) in [5.74, 6) is -0.0815. The van der Waals surface area contributed by atoms with Crippen molar-refractivity contribution < 1.29 is 4.79 Å². The fourth-order valence-electron chi connectivity index (χ4n) is 3.01. The largest absolute Gasteiger partial charge is 0.330 e. The van der Waals surface area contributed by atoms with E-state index in [0.717, 1.165) is 12.8 Å². The molecule has 0 saturated heterocycles. The third-order valence-electron chi connectivity index (χ3n) is 4.02. The Hall–Kier alpha value is -1.87. The van der Waals surface area contributed by atoms with Gasteiger partial charge in [-0.3, -0.25) is 4.79 Å². The zero-order valence-corrected chi connectivity index (χ0v) is 12.7. The Bertz CT molecular complexity index is 671. The molecule has 1 unspecified atom stereocenters. The molecular formula is C17H17ClN2O. The summed E-state index contributed by atoms with van der Waals surface area (Å²) >= 11 is 6.12. The molecular weight excluding hydrogens is 284 g/mol. The number of rotatable bonds is 2. The lowest BCUT2D eigenvalue weighted by Crippen LogP contribution is -2.40. The maximum atomic E-state index is 12.8. The third-order valence-corrected chi connectivity index (χ3v) is 4.33. The highest BCUT2D eigenvalue weighted by Gasteiger charge is 2.31. The van der Waals surface area contributed by atoms with Gasteiger partial charge in [0.1, 0.15) is 5.69 Å². The van der Waals surface area contributed by atoms with Gasteiger partial charge in [-0.2, -0.15) is 0 Å². The number of aromatic nitrogens is 1. The zero-order valence-electron chi connectivity index (χ0n) is 11.9. The lowest BCUT2D eigenvalue weighted by molar-refractivity contribution is 0.0649. The molecule has 1 aliphatic heterocycles. The highest BCUT2D eigenvalue weighted by Crippen LogP contribution is 2.33. The molecule has 4 heteroatoms. The molecule has 21 heavy (non-hydrogen) atoms. The summed E-state index contributed by atoms with van der Waals surface area (Å²) < 4.78 is 0. The van der Waals surface area contributed by atoms with E-state index in [1.54, 1.807) is 18.3 Å². The second-order valence-electron chi connectivity index (χ2n) is 5.21. The van der Waals surface area contributed by atoms with Gasteiger partial charge in [0, 0.05) is 12.7 Å². The van der Waals surface area contributed by atoms with E-state index in [0.29, 0.717) is 17.3 Å². The van der Waals surface area contributed by atoms with Crippen LogP contribution in [0, 0.1) is 0 Å². The van der Waals surface area contributed by atoms with Crippen LogP contribution in [0.25, 0.3) is 0 Å². The maximum Gasteiger partial charge on any atom is 0.274 e. The number of fused-ring (bicyclic) bond motifs is 1. The molecule has 2 aromatic rings. The number of hydrogen-bond donors (Lipinski definition) is 0. The van der Waals surface area contributed by atoms with Gasteiger partial charge >= 0.3 is 0 Å². The van der Waals surface area contributed by atoms with Crippen molar-refractivity contribution in [3.05, 3.63) is 64.4 Å². The van der Waals surface area contributed by atoms with Crippen LogP contribution < -0.4 is 0 Å². The van der Waals surface area contributed by atoms with Gasteiger partial charge in [0.15, 0.2) is 0 Å². The summed E-state index contributed by atoms with van der Waals surface area (Å²) in [6.07, 6.45) is 3.37. The SMILES string of the molecule is CCC1c2ccccc2CCN1C(=O)c1ncccc1Cl. The average Bonchev–Trinajstić information content (AvgIpc) is 2.53. The normalized spacial score (nSPS) is 17.4. The van der Waals surface area contributed by atoms with Crippen LogP contribution in [0.3, 0.4) is 0 Å². The first-order valence-electron chi connectivity index (χ1n) is 7.21. The Labute approximate surface area is 129 Å². The quantitative estimate of drug-likeness (QED) is 0.843. The van der Waals surface area contributed by atoms with Crippen LogP contribution in [0.2, 0.25) is 5.02 Å². The van der Waals surface area contributed by atoms with Crippen LogP contribution in [-0.4, -0.2) is 22.3 Å². The lowest BCUT2D eigenvalue weighted by atomic mass is 9.91. The third kappa shape index (κ3) is 2.54. The predicted octanol–water partition coefficient (Wildman–Crippen LogP) is 3.88. The monoisotopic (exact) mass is 300 g/mol. The Morgan fingerprint density at radius 1 is 1.33 bits per heavy atom. The highest BCUT2D eigenvalue weighted by molar-refractivity contribution is 6.33. The lowest BCUT2D eigenvalue weighted by Gasteiger charge is -2.36. The number of benzene rings is 1. The number of hydrogen-bond acceptors (Lipinski definition) is 2. The first kappa shape index (κ1) is 14.1. The van der Waals surface area contributed by atoms with Crippen LogP contribution in [-0.2, 0) is 6.42 Å².